The van der Waals surface area contributed by atoms with Crippen molar-refractivity contribution < 1.29 is 9.59 Å². The van der Waals surface area contributed by atoms with E-state index in [4.69, 9.17) is 0 Å². The number of aromatic nitrogens is 2. The molecule has 1 aromatic heterocycles. The maximum absolute atomic E-state index is 13.3. The number of hydrogen-bond acceptors (Lipinski definition) is 3. The van der Waals surface area contributed by atoms with Crippen LogP contribution in [0.1, 0.15) is 35.8 Å². The number of carbonyl (C=O) groups is 2. The first kappa shape index (κ1) is 19.2. The van der Waals surface area contributed by atoms with Gasteiger partial charge in [0.15, 0.2) is 5.69 Å². The van der Waals surface area contributed by atoms with Gasteiger partial charge in [-0.2, -0.15) is 5.10 Å². The Balaban J connectivity index is 1.59. The minimum atomic E-state index is -0.102. The second-order valence-electron chi connectivity index (χ2n) is 7.56. The van der Waals surface area contributed by atoms with Gasteiger partial charge in [0.05, 0.1) is 5.52 Å². The van der Waals surface area contributed by atoms with Crippen LogP contribution in [0, 0.1) is 0 Å². The second kappa shape index (κ2) is 8.07. The fourth-order valence-electron chi connectivity index (χ4n) is 4.07. The summed E-state index contributed by atoms with van der Waals surface area (Å²) in [4.78, 5) is 29.9. The van der Waals surface area contributed by atoms with Crippen molar-refractivity contribution in [1.29, 1.82) is 0 Å². The molecule has 3 aromatic rings. The first-order chi connectivity index (χ1) is 14.1. The normalized spacial score (nSPS) is 17.6. The zero-order valence-corrected chi connectivity index (χ0v) is 16.9. The summed E-state index contributed by atoms with van der Waals surface area (Å²) < 4.78 is 1.74. The van der Waals surface area contributed by atoms with E-state index < -0.39 is 0 Å². The van der Waals surface area contributed by atoms with E-state index in [-0.39, 0.29) is 17.9 Å². The fraction of sp³-hybridized carbons (Fsp3) is 0.348. The summed E-state index contributed by atoms with van der Waals surface area (Å²) in [6.45, 7) is 3.59. The fourth-order valence-corrected chi connectivity index (χ4v) is 4.07. The number of benzene rings is 2. The van der Waals surface area contributed by atoms with Gasteiger partial charge in [-0.25, -0.2) is 0 Å². The Labute approximate surface area is 170 Å². The highest BCUT2D eigenvalue weighted by Gasteiger charge is 2.32. The summed E-state index contributed by atoms with van der Waals surface area (Å²) in [7, 11) is 1.85. The van der Waals surface area contributed by atoms with Crippen LogP contribution in [0.3, 0.4) is 0 Å². The lowest BCUT2D eigenvalue weighted by molar-refractivity contribution is -0.133. The third-order valence-electron chi connectivity index (χ3n) is 5.70. The molecule has 4 rings (SSSR count). The Bertz CT molecular complexity index is 1030. The van der Waals surface area contributed by atoms with Gasteiger partial charge in [-0.15, -0.1) is 0 Å². The zero-order valence-electron chi connectivity index (χ0n) is 16.9. The van der Waals surface area contributed by atoms with Gasteiger partial charge in [-0.3, -0.25) is 14.3 Å². The summed E-state index contributed by atoms with van der Waals surface area (Å²) in [5.74, 6) is -0.00325. The molecule has 0 saturated carbocycles. The Morgan fingerprint density at radius 3 is 2.59 bits per heavy atom. The number of rotatable bonds is 4. The van der Waals surface area contributed by atoms with E-state index in [1.807, 2.05) is 66.5 Å². The molecule has 0 bridgehead atoms. The largest absolute Gasteiger partial charge is 0.335 e. The molecule has 0 N–H and O–H groups in total. The maximum Gasteiger partial charge on any atom is 0.275 e. The van der Waals surface area contributed by atoms with Crippen LogP contribution < -0.4 is 0 Å². The second-order valence-corrected chi connectivity index (χ2v) is 7.56. The number of para-hydroxylation sites is 1. The van der Waals surface area contributed by atoms with Crippen molar-refractivity contribution in [3.63, 3.8) is 0 Å². The van der Waals surface area contributed by atoms with E-state index in [0.29, 0.717) is 31.7 Å². The van der Waals surface area contributed by atoms with Gasteiger partial charge in [-0.05, 0) is 18.1 Å². The average molecular weight is 390 g/mol. The molecule has 150 valence electrons. The number of carbonyl (C=O) groups excluding carboxylic acids is 2. The Morgan fingerprint density at radius 2 is 1.83 bits per heavy atom. The highest BCUT2D eigenvalue weighted by Crippen LogP contribution is 2.22. The summed E-state index contributed by atoms with van der Waals surface area (Å²) in [5, 5.41) is 5.33. The van der Waals surface area contributed by atoms with E-state index in [2.05, 4.69) is 12.0 Å². The molecule has 29 heavy (non-hydrogen) atoms. The van der Waals surface area contributed by atoms with E-state index in [9.17, 15) is 9.59 Å². The summed E-state index contributed by atoms with van der Waals surface area (Å²) >= 11 is 0. The van der Waals surface area contributed by atoms with E-state index in [0.717, 1.165) is 22.9 Å². The number of fused-ring (bicyclic) bond motifs is 1. The van der Waals surface area contributed by atoms with Crippen molar-refractivity contribution in [1.82, 2.24) is 19.6 Å². The predicted octanol–water partition coefficient (Wildman–Crippen LogP) is 3.23. The van der Waals surface area contributed by atoms with E-state index in [1.165, 1.54) is 0 Å². The number of hydrogen-bond donors (Lipinski definition) is 0. The minimum absolute atomic E-state index is 0.0101. The van der Waals surface area contributed by atoms with Crippen LogP contribution in [-0.4, -0.2) is 50.5 Å². The number of amides is 2. The molecular weight excluding hydrogens is 364 g/mol. The molecule has 0 aliphatic carbocycles. The molecule has 1 saturated heterocycles. The summed E-state index contributed by atoms with van der Waals surface area (Å²) in [6, 6.07) is 17.8. The van der Waals surface area contributed by atoms with Crippen molar-refractivity contribution in [2.75, 3.05) is 13.1 Å². The van der Waals surface area contributed by atoms with Crippen LogP contribution in [0.2, 0.25) is 0 Å². The quantitative estimate of drug-likeness (QED) is 0.687. The van der Waals surface area contributed by atoms with Gasteiger partial charge in [0, 0.05) is 44.5 Å². The van der Waals surface area contributed by atoms with Gasteiger partial charge >= 0.3 is 0 Å². The van der Waals surface area contributed by atoms with E-state index >= 15 is 0 Å². The molecule has 6 nitrogen and oxygen atoms in total. The smallest absolute Gasteiger partial charge is 0.275 e. The third-order valence-corrected chi connectivity index (χ3v) is 5.70. The van der Waals surface area contributed by atoms with Crippen LogP contribution >= 0.6 is 0 Å². The van der Waals surface area contributed by atoms with Crippen LogP contribution in [-0.2, 0) is 18.4 Å². The molecule has 1 fully saturated rings. The number of nitrogens with zero attached hydrogens (tertiary/aromatic N) is 4. The molecule has 1 aliphatic rings. The van der Waals surface area contributed by atoms with Crippen molar-refractivity contribution in [3.05, 3.63) is 65.9 Å². The van der Waals surface area contributed by atoms with Gasteiger partial charge in [0.1, 0.15) is 0 Å². The molecule has 0 unspecified atom stereocenters. The molecule has 2 aromatic carbocycles. The maximum atomic E-state index is 13.3. The average Bonchev–Trinajstić information content (AvgIpc) is 3.00. The first-order valence-corrected chi connectivity index (χ1v) is 10.1. The summed E-state index contributed by atoms with van der Waals surface area (Å²) in [6.07, 6.45) is 1.13. The zero-order chi connectivity index (χ0) is 20.4. The standard InChI is InChI=1S/C23H26N4O2/c1-3-18-16-26(14-13-21(28)27(18)15-17-9-5-4-6-10-17)23(29)22-19-11-7-8-12-20(19)25(2)24-22/h4-12,18H,3,13-16H2,1-2H3/t18-/m1/s1. The van der Waals surface area contributed by atoms with E-state index in [1.54, 1.807) is 9.58 Å². The highest BCUT2D eigenvalue weighted by atomic mass is 16.2. The monoisotopic (exact) mass is 390 g/mol. The van der Waals surface area contributed by atoms with Crippen LogP contribution in [0.4, 0.5) is 0 Å². The minimum Gasteiger partial charge on any atom is -0.335 e. The van der Waals surface area contributed by atoms with Crippen molar-refractivity contribution in [2.45, 2.75) is 32.4 Å². The van der Waals surface area contributed by atoms with Crippen LogP contribution in [0.15, 0.2) is 54.6 Å². The lowest BCUT2D eigenvalue weighted by Gasteiger charge is -2.31. The Morgan fingerprint density at radius 1 is 1.10 bits per heavy atom. The van der Waals surface area contributed by atoms with Crippen molar-refractivity contribution in [2.24, 2.45) is 7.05 Å². The molecule has 1 aliphatic heterocycles. The topological polar surface area (TPSA) is 58.4 Å². The van der Waals surface area contributed by atoms with Crippen LogP contribution in [0.25, 0.3) is 10.9 Å². The Hall–Kier alpha value is -3.15. The summed E-state index contributed by atoms with van der Waals surface area (Å²) in [5.41, 5.74) is 2.50. The molecule has 2 heterocycles. The van der Waals surface area contributed by atoms with Gasteiger partial charge < -0.3 is 9.80 Å². The molecule has 0 radical (unpaired) electrons. The van der Waals surface area contributed by atoms with Crippen LogP contribution in [0.5, 0.6) is 0 Å². The molecule has 6 heteroatoms. The first-order valence-electron chi connectivity index (χ1n) is 10.1. The lowest BCUT2D eigenvalue weighted by atomic mass is 10.1. The third kappa shape index (κ3) is 3.75. The molecule has 2 amide bonds. The number of aryl methyl sites for hydroxylation is 1. The van der Waals surface area contributed by atoms with Crippen molar-refractivity contribution in [3.8, 4) is 0 Å². The van der Waals surface area contributed by atoms with Gasteiger partial charge in [-0.1, -0.05) is 55.5 Å². The lowest BCUT2D eigenvalue weighted by Crippen LogP contribution is -2.43. The predicted molar refractivity (Wildman–Crippen MR) is 112 cm³/mol. The highest BCUT2D eigenvalue weighted by molar-refractivity contribution is 6.05. The Kier molecular flexibility index (Phi) is 5.34. The van der Waals surface area contributed by atoms with Gasteiger partial charge in [0.25, 0.3) is 5.91 Å². The van der Waals surface area contributed by atoms with Gasteiger partial charge in [0.2, 0.25) is 5.91 Å². The molecule has 0 spiro atoms. The SMILES string of the molecule is CC[C@@H]1CN(C(=O)c2nn(C)c3ccccc23)CCC(=O)N1Cc1ccccc1. The molecular formula is C23H26N4O2. The van der Waals surface area contributed by atoms with Crippen molar-refractivity contribution >= 4 is 22.7 Å². The molecule has 1 atom stereocenters.